The zero-order chi connectivity index (χ0) is 18.6. The minimum absolute atomic E-state index is 0.138. The second-order valence-corrected chi connectivity index (χ2v) is 9.81. The standard InChI is InChI=1S/C20H28O6/c1-9-10-4-5-11-19(7-10,15(9)22)17(24)26-13-6-12(21)18(2,3)14-16(23)25-8-20(11,13)14/h10-16,21-23H,1,4-8H2,2-3H3. The molecule has 3 N–H and O–H groups in total. The van der Waals surface area contributed by atoms with Gasteiger partial charge in [0.05, 0.1) is 18.8 Å². The van der Waals surface area contributed by atoms with Crippen LogP contribution in [0.1, 0.15) is 39.5 Å². The van der Waals surface area contributed by atoms with Crippen molar-refractivity contribution in [2.75, 3.05) is 6.61 Å². The van der Waals surface area contributed by atoms with E-state index in [2.05, 4.69) is 6.58 Å². The van der Waals surface area contributed by atoms with Crippen molar-refractivity contribution < 1.29 is 29.6 Å². The quantitative estimate of drug-likeness (QED) is 0.438. The molecule has 0 aromatic carbocycles. The Bertz CT molecular complexity index is 688. The first-order valence-corrected chi connectivity index (χ1v) is 9.73. The average molecular weight is 364 g/mol. The second-order valence-electron chi connectivity index (χ2n) is 9.81. The predicted octanol–water partition coefficient (Wildman–Crippen LogP) is 0.987. The summed E-state index contributed by atoms with van der Waals surface area (Å²) in [4.78, 5) is 13.1. The Labute approximate surface area is 153 Å². The normalized spacial score (nSPS) is 57.2. The third kappa shape index (κ3) is 1.62. The van der Waals surface area contributed by atoms with Gasteiger partial charge in [0, 0.05) is 17.8 Å². The lowest BCUT2D eigenvalue weighted by molar-refractivity contribution is -0.264. The van der Waals surface area contributed by atoms with Crippen LogP contribution in [-0.4, -0.2) is 52.5 Å². The van der Waals surface area contributed by atoms with E-state index < -0.39 is 40.8 Å². The zero-order valence-corrected chi connectivity index (χ0v) is 15.4. The molecule has 0 aromatic heterocycles. The fourth-order valence-electron chi connectivity index (χ4n) is 7.44. The topological polar surface area (TPSA) is 96.2 Å². The van der Waals surface area contributed by atoms with Gasteiger partial charge in [0.2, 0.25) is 0 Å². The van der Waals surface area contributed by atoms with Crippen molar-refractivity contribution in [2.24, 2.45) is 34.0 Å². The first-order valence-electron chi connectivity index (χ1n) is 9.73. The fraction of sp³-hybridized carbons (Fsp3) is 0.850. The highest BCUT2D eigenvalue weighted by Gasteiger charge is 2.77. The molecule has 6 heteroatoms. The lowest BCUT2D eigenvalue weighted by Gasteiger charge is -2.63. The minimum atomic E-state index is -1.00. The molecule has 144 valence electrons. The molecule has 2 aliphatic heterocycles. The second kappa shape index (κ2) is 4.90. The van der Waals surface area contributed by atoms with E-state index in [0.29, 0.717) is 19.4 Å². The number of aliphatic hydroxyl groups is 3. The number of carbonyl (C=O) groups excluding carboxylic acids is 1. The molecule has 0 radical (unpaired) electrons. The average Bonchev–Trinajstić information content (AvgIpc) is 3.03. The van der Waals surface area contributed by atoms with Crippen molar-refractivity contribution in [3.8, 4) is 0 Å². The predicted molar refractivity (Wildman–Crippen MR) is 90.6 cm³/mol. The molecule has 2 spiro atoms. The van der Waals surface area contributed by atoms with Gasteiger partial charge in [-0.05, 0) is 42.1 Å². The molecule has 5 rings (SSSR count). The number of fused-ring (bicyclic) bond motifs is 1. The maximum absolute atomic E-state index is 13.1. The maximum atomic E-state index is 13.1. The number of hydrogen-bond acceptors (Lipinski definition) is 6. The molecule has 26 heavy (non-hydrogen) atoms. The number of esters is 1. The lowest BCUT2D eigenvalue weighted by Crippen LogP contribution is -2.70. The first kappa shape index (κ1) is 17.2. The molecule has 9 unspecified atom stereocenters. The summed E-state index contributed by atoms with van der Waals surface area (Å²) in [6.45, 7) is 8.27. The Morgan fingerprint density at radius 1 is 1.19 bits per heavy atom. The van der Waals surface area contributed by atoms with Gasteiger partial charge in [-0.1, -0.05) is 20.4 Å². The van der Waals surface area contributed by atoms with Gasteiger partial charge in [0.15, 0.2) is 6.29 Å². The van der Waals surface area contributed by atoms with Crippen LogP contribution in [0.15, 0.2) is 12.2 Å². The Morgan fingerprint density at radius 2 is 1.92 bits per heavy atom. The molecule has 6 nitrogen and oxygen atoms in total. The highest BCUT2D eigenvalue weighted by molar-refractivity contribution is 5.81. The van der Waals surface area contributed by atoms with Gasteiger partial charge >= 0.3 is 5.97 Å². The van der Waals surface area contributed by atoms with Gasteiger partial charge < -0.3 is 24.8 Å². The van der Waals surface area contributed by atoms with Gasteiger partial charge in [0.25, 0.3) is 0 Å². The summed E-state index contributed by atoms with van der Waals surface area (Å²) in [6.07, 6.45) is -0.514. The smallest absolute Gasteiger partial charge is 0.315 e. The Kier molecular flexibility index (Phi) is 3.24. The SMILES string of the molecule is C=C1C2CCC3C(C2)(C(=O)OC2CC(O)C(C)(C)C4C(O)OCC243)C1O. The molecule has 2 heterocycles. The number of hydrogen-bond donors (Lipinski definition) is 3. The van der Waals surface area contributed by atoms with E-state index in [1.165, 1.54) is 0 Å². The van der Waals surface area contributed by atoms with Gasteiger partial charge in [-0.2, -0.15) is 0 Å². The van der Waals surface area contributed by atoms with Gasteiger partial charge in [-0.25, -0.2) is 0 Å². The van der Waals surface area contributed by atoms with Crippen molar-refractivity contribution in [2.45, 2.75) is 64.1 Å². The molecule has 2 bridgehead atoms. The molecule has 3 saturated carbocycles. The summed E-state index contributed by atoms with van der Waals surface area (Å²) >= 11 is 0. The van der Waals surface area contributed by atoms with Crippen LogP contribution < -0.4 is 0 Å². The van der Waals surface area contributed by atoms with Crippen LogP contribution in [0.4, 0.5) is 0 Å². The summed E-state index contributed by atoms with van der Waals surface area (Å²) in [5, 5.41) is 32.4. The van der Waals surface area contributed by atoms with Gasteiger partial charge in [0.1, 0.15) is 11.5 Å². The zero-order valence-electron chi connectivity index (χ0n) is 15.4. The van der Waals surface area contributed by atoms with E-state index in [9.17, 15) is 20.1 Å². The molecule has 0 aromatic rings. The van der Waals surface area contributed by atoms with Crippen LogP contribution in [0.2, 0.25) is 0 Å². The third-order valence-electron chi connectivity index (χ3n) is 8.72. The monoisotopic (exact) mass is 364 g/mol. The fourth-order valence-corrected chi connectivity index (χ4v) is 7.44. The van der Waals surface area contributed by atoms with Crippen LogP contribution in [0, 0.1) is 34.0 Å². The van der Waals surface area contributed by atoms with Crippen LogP contribution in [-0.2, 0) is 14.3 Å². The largest absolute Gasteiger partial charge is 0.461 e. The summed E-state index contributed by atoms with van der Waals surface area (Å²) in [7, 11) is 0. The van der Waals surface area contributed by atoms with E-state index in [1.807, 2.05) is 13.8 Å². The molecule has 5 fully saturated rings. The molecular formula is C20H28O6. The van der Waals surface area contributed by atoms with Crippen LogP contribution in [0.25, 0.3) is 0 Å². The van der Waals surface area contributed by atoms with E-state index >= 15 is 0 Å². The van der Waals surface area contributed by atoms with Crippen molar-refractivity contribution in [3.05, 3.63) is 12.2 Å². The maximum Gasteiger partial charge on any atom is 0.315 e. The van der Waals surface area contributed by atoms with Crippen LogP contribution in [0.3, 0.4) is 0 Å². The van der Waals surface area contributed by atoms with Crippen molar-refractivity contribution >= 4 is 5.97 Å². The summed E-state index contributed by atoms with van der Waals surface area (Å²) in [6, 6.07) is 0. The van der Waals surface area contributed by atoms with Crippen molar-refractivity contribution in [1.82, 2.24) is 0 Å². The highest BCUT2D eigenvalue weighted by atomic mass is 16.6. The number of rotatable bonds is 0. The molecule has 3 aliphatic carbocycles. The first-order chi connectivity index (χ1) is 12.2. The van der Waals surface area contributed by atoms with Crippen LogP contribution in [0.5, 0.6) is 0 Å². The van der Waals surface area contributed by atoms with E-state index in [1.54, 1.807) is 0 Å². The van der Waals surface area contributed by atoms with E-state index in [-0.39, 0.29) is 23.7 Å². The van der Waals surface area contributed by atoms with Crippen molar-refractivity contribution in [1.29, 1.82) is 0 Å². The summed E-state index contributed by atoms with van der Waals surface area (Å²) in [5.41, 5.74) is -1.40. The van der Waals surface area contributed by atoms with Gasteiger partial charge in [-0.3, -0.25) is 4.79 Å². The Hall–Kier alpha value is -0.950. The number of aliphatic hydroxyl groups excluding tert-OH is 3. The summed E-state index contributed by atoms with van der Waals surface area (Å²) in [5.74, 6) is -0.701. The number of carbonyl (C=O) groups is 1. The summed E-state index contributed by atoms with van der Waals surface area (Å²) < 4.78 is 11.7. The number of ether oxygens (including phenoxy) is 2. The molecule has 9 atom stereocenters. The third-order valence-corrected chi connectivity index (χ3v) is 8.72. The van der Waals surface area contributed by atoms with Crippen LogP contribution >= 0.6 is 0 Å². The van der Waals surface area contributed by atoms with Crippen molar-refractivity contribution in [3.63, 3.8) is 0 Å². The lowest BCUT2D eigenvalue weighted by atomic mass is 9.43. The molecule has 2 saturated heterocycles. The van der Waals surface area contributed by atoms with E-state index in [0.717, 1.165) is 18.4 Å². The molecule has 0 amide bonds. The Balaban J connectivity index is 1.70. The van der Waals surface area contributed by atoms with Gasteiger partial charge in [-0.15, -0.1) is 0 Å². The molecular weight excluding hydrogens is 336 g/mol. The highest BCUT2D eigenvalue weighted by Crippen LogP contribution is 2.71. The van der Waals surface area contributed by atoms with E-state index in [4.69, 9.17) is 9.47 Å². The molecule has 5 aliphatic rings. The Morgan fingerprint density at radius 3 is 2.65 bits per heavy atom. The minimum Gasteiger partial charge on any atom is -0.461 e.